The minimum absolute atomic E-state index is 0.134. The van der Waals surface area contributed by atoms with Crippen molar-refractivity contribution in [2.75, 3.05) is 7.05 Å². The number of nitrogens with one attached hydrogen (secondary N) is 1. The number of amides is 1. The molecule has 1 N–H and O–H groups in total. The normalized spacial score (nSPS) is 12.8. The van der Waals surface area contributed by atoms with Crippen LogP contribution in [0.5, 0.6) is 0 Å². The molecular formula is C19H18N4O3. The number of carbonyl (C=O) groups excluding carboxylic acids is 1. The third kappa shape index (κ3) is 3.03. The Labute approximate surface area is 149 Å². The summed E-state index contributed by atoms with van der Waals surface area (Å²) >= 11 is 0. The Hall–Kier alpha value is -3.22. The van der Waals surface area contributed by atoms with Gasteiger partial charge in [-0.1, -0.05) is 18.2 Å². The van der Waals surface area contributed by atoms with E-state index >= 15 is 0 Å². The molecule has 2 aromatic heterocycles. The summed E-state index contributed by atoms with van der Waals surface area (Å²) in [6.45, 7) is 0.134. The molecule has 0 unspecified atom stereocenters. The van der Waals surface area contributed by atoms with Crippen LogP contribution in [0.4, 0.5) is 0 Å². The molecule has 0 aliphatic heterocycles. The molecule has 0 fully saturated rings. The average Bonchev–Trinajstić information content (AvgIpc) is 3.30. The molecule has 0 radical (unpaired) electrons. The summed E-state index contributed by atoms with van der Waals surface area (Å²) in [7, 11) is 1.61. The van der Waals surface area contributed by atoms with E-state index in [0.717, 1.165) is 36.1 Å². The van der Waals surface area contributed by atoms with Crippen LogP contribution < -0.4 is 5.56 Å². The number of H-pyrrole nitrogens is 1. The van der Waals surface area contributed by atoms with Crippen molar-refractivity contribution in [3.8, 4) is 11.5 Å². The van der Waals surface area contributed by atoms with Gasteiger partial charge in [-0.3, -0.25) is 9.59 Å². The Balaban J connectivity index is 1.52. The number of hydrogen-bond donors (Lipinski definition) is 1. The van der Waals surface area contributed by atoms with Crippen LogP contribution in [0.15, 0.2) is 45.6 Å². The van der Waals surface area contributed by atoms with Crippen LogP contribution >= 0.6 is 0 Å². The van der Waals surface area contributed by atoms with Crippen LogP contribution in [0.1, 0.15) is 33.9 Å². The Kier molecular flexibility index (Phi) is 4.12. The molecule has 0 spiro atoms. The summed E-state index contributed by atoms with van der Waals surface area (Å²) in [6.07, 6.45) is 2.75. The van der Waals surface area contributed by atoms with Crippen LogP contribution in [0, 0.1) is 0 Å². The number of benzene rings is 1. The van der Waals surface area contributed by atoms with Crippen molar-refractivity contribution in [2.24, 2.45) is 0 Å². The van der Waals surface area contributed by atoms with Gasteiger partial charge in [-0.15, -0.1) is 10.2 Å². The lowest BCUT2D eigenvalue weighted by molar-refractivity contribution is 0.0771. The molecule has 3 aromatic rings. The van der Waals surface area contributed by atoms with Gasteiger partial charge in [0, 0.05) is 18.3 Å². The molecule has 4 rings (SSSR count). The lowest BCUT2D eigenvalue weighted by Gasteiger charge is -2.15. The van der Waals surface area contributed by atoms with Gasteiger partial charge in [0.1, 0.15) is 5.56 Å². The summed E-state index contributed by atoms with van der Waals surface area (Å²) in [5, 5.41) is 8.01. The van der Waals surface area contributed by atoms with Gasteiger partial charge in [-0.25, -0.2) is 0 Å². The summed E-state index contributed by atoms with van der Waals surface area (Å²) in [6, 6.07) is 11.1. The zero-order chi connectivity index (χ0) is 18.1. The van der Waals surface area contributed by atoms with Gasteiger partial charge in [-0.05, 0) is 43.0 Å². The van der Waals surface area contributed by atoms with Crippen LogP contribution in [0.25, 0.3) is 11.5 Å². The predicted octanol–water partition coefficient (Wildman–Crippen LogP) is 2.19. The molecule has 7 nitrogen and oxygen atoms in total. The molecule has 1 aliphatic rings. The molecule has 0 bridgehead atoms. The second kappa shape index (κ2) is 6.59. The Morgan fingerprint density at radius 2 is 2.04 bits per heavy atom. The third-order valence-electron chi connectivity index (χ3n) is 4.53. The smallest absolute Gasteiger partial charge is 0.261 e. The molecule has 132 valence electrons. The standard InChI is InChI=1S/C19H18N4O3/c1-23(11-16-21-22-18(26-16)12-6-3-2-4-7-12)19(25)14-10-13-8-5-9-15(13)20-17(14)24/h2-4,6-7,10H,5,8-9,11H2,1H3,(H,20,24). The summed E-state index contributed by atoms with van der Waals surface area (Å²) in [4.78, 5) is 29.1. The molecule has 2 heterocycles. The number of fused-ring (bicyclic) bond motifs is 1. The van der Waals surface area contributed by atoms with Gasteiger partial charge in [-0.2, -0.15) is 0 Å². The highest BCUT2D eigenvalue weighted by molar-refractivity contribution is 5.93. The molecule has 0 atom stereocenters. The van der Waals surface area contributed by atoms with E-state index in [0.29, 0.717) is 11.8 Å². The van der Waals surface area contributed by atoms with Crippen molar-refractivity contribution in [3.05, 3.63) is 69.5 Å². The van der Waals surface area contributed by atoms with Gasteiger partial charge in [0.05, 0.1) is 6.54 Å². The van der Waals surface area contributed by atoms with E-state index in [-0.39, 0.29) is 23.6 Å². The Bertz CT molecular complexity index is 1010. The van der Waals surface area contributed by atoms with Crippen molar-refractivity contribution >= 4 is 5.91 Å². The fourth-order valence-corrected chi connectivity index (χ4v) is 3.17. The molecular weight excluding hydrogens is 332 g/mol. The van der Waals surface area contributed by atoms with Crippen molar-refractivity contribution in [2.45, 2.75) is 25.8 Å². The van der Waals surface area contributed by atoms with Crippen LogP contribution in [0.2, 0.25) is 0 Å². The summed E-state index contributed by atoms with van der Waals surface area (Å²) in [5.74, 6) is 0.356. The quantitative estimate of drug-likeness (QED) is 0.779. The summed E-state index contributed by atoms with van der Waals surface area (Å²) in [5.41, 5.74) is 2.60. The van der Waals surface area contributed by atoms with E-state index < -0.39 is 0 Å². The first-order chi connectivity index (χ1) is 12.6. The number of aromatic nitrogens is 3. The molecule has 1 aromatic carbocycles. The van der Waals surface area contributed by atoms with E-state index in [1.807, 2.05) is 30.3 Å². The number of aryl methyl sites for hydroxylation is 2. The highest BCUT2D eigenvalue weighted by Crippen LogP contribution is 2.20. The minimum atomic E-state index is -0.361. The molecule has 0 saturated carbocycles. The second-order valence-corrected chi connectivity index (χ2v) is 6.40. The highest BCUT2D eigenvalue weighted by atomic mass is 16.4. The minimum Gasteiger partial charge on any atom is -0.419 e. The Morgan fingerprint density at radius 1 is 1.23 bits per heavy atom. The SMILES string of the molecule is CN(Cc1nnc(-c2ccccc2)o1)C(=O)c1cc2c([nH]c1=O)CCC2. The molecule has 1 aliphatic carbocycles. The number of carbonyl (C=O) groups is 1. The number of pyridine rings is 1. The Morgan fingerprint density at radius 3 is 2.85 bits per heavy atom. The van der Waals surface area contributed by atoms with Crippen molar-refractivity contribution in [3.63, 3.8) is 0 Å². The maximum Gasteiger partial charge on any atom is 0.261 e. The van der Waals surface area contributed by atoms with E-state index in [2.05, 4.69) is 15.2 Å². The van der Waals surface area contributed by atoms with Gasteiger partial charge >= 0.3 is 0 Å². The molecule has 1 amide bonds. The zero-order valence-corrected chi connectivity index (χ0v) is 14.4. The van der Waals surface area contributed by atoms with Crippen molar-refractivity contribution < 1.29 is 9.21 Å². The number of rotatable bonds is 4. The summed E-state index contributed by atoms with van der Waals surface area (Å²) < 4.78 is 5.63. The first kappa shape index (κ1) is 16.3. The highest BCUT2D eigenvalue weighted by Gasteiger charge is 2.22. The van der Waals surface area contributed by atoms with Crippen molar-refractivity contribution in [1.29, 1.82) is 0 Å². The maximum atomic E-state index is 12.7. The lowest BCUT2D eigenvalue weighted by Crippen LogP contribution is -2.32. The van der Waals surface area contributed by atoms with E-state index in [4.69, 9.17) is 4.42 Å². The maximum absolute atomic E-state index is 12.7. The number of hydrogen-bond acceptors (Lipinski definition) is 5. The van der Waals surface area contributed by atoms with E-state index in [1.54, 1.807) is 13.1 Å². The first-order valence-corrected chi connectivity index (χ1v) is 8.50. The topological polar surface area (TPSA) is 92.1 Å². The van der Waals surface area contributed by atoms with E-state index in [9.17, 15) is 9.59 Å². The van der Waals surface area contributed by atoms with Crippen molar-refractivity contribution in [1.82, 2.24) is 20.1 Å². The van der Waals surface area contributed by atoms with Crippen LogP contribution in [-0.2, 0) is 19.4 Å². The number of nitrogens with zero attached hydrogens (tertiary/aromatic N) is 3. The fourth-order valence-electron chi connectivity index (χ4n) is 3.17. The predicted molar refractivity (Wildman–Crippen MR) is 94.6 cm³/mol. The third-order valence-corrected chi connectivity index (χ3v) is 4.53. The zero-order valence-electron chi connectivity index (χ0n) is 14.4. The van der Waals surface area contributed by atoms with Gasteiger partial charge in [0.15, 0.2) is 0 Å². The van der Waals surface area contributed by atoms with Crippen LogP contribution in [0.3, 0.4) is 0 Å². The van der Waals surface area contributed by atoms with Crippen LogP contribution in [-0.4, -0.2) is 33.0 Å². The first-order valence-electron chi connectivity index (χ1n) is 8.50. The van der Waals surface area contributed by atoms with Gasteiger partial charge in [0.2, 0.25) is 11.8 Å². The molecule has 7 heteroatoms. The number of aromatic amines is 1. The largest absolute Gasteiger partial charge is 0.419 e. The average molecular weight is 350 g/mol. The van der Waals surface area contributed by atoms with Gasteiger partial charge in [0.25, 0.3) is 11.5 Å². The monoisotopic (exact) mass is 350 g/mol. The fraction of sp³-hybridized carbons (Fsp3) is 0.263. The van der Waals surface area contributed by atoms with E-state index in [1.165, 1.54) is 4.90 Å². The van der Waals surface area contributed by atoms with Gasteiger partial charge < -0.3 is 14.3 Å². The molecule has 0 saturated heterocycles. The second-order valence-electron chi connectivity index (χ2n) is 6.40. The molecule has 26 heavy (non-hydrogen) atoms. The lowest BCUT2D eigenvalue weighted by atomic mass is 10.1.